The lowest BCUT2D eigenvalue weighted by molar-refractivity contribution is 0.0875. The quantitative estimate of drug-likeness (QED) is 0.808. The van der Waals surface area contributed by atoms with E-state index in [1.807, 2.05) is 45.0 Å². The Balaban J connectivity index is 2.37. The molecule has 1 aromatic carbocycles. The summed E-state index contributed by atoms with van der Waals surface area (Å²) in [6.45, 7) is 5.83. The molecule has 0 bridgehead atoms. The van der Waals surface area contributed by atoms with Gasteiger partial charge in [0.25, 0.3) is 0 Å². The minimum Gasteiger partial charge on any atom is -0.453 e. The first-order chi connectivity index (χ1) is 7.89. The first-order valence-electron chi connectivity index (χ1n) is 5.68. The summed E-state index contributed by atoms with van der Waals surface area (Å²) in [7, 11) is 0. The highest BCUT2D eigenvalue weighted by Gasteiger charge is 2.30. The van der Waals surface area contributed by atoms with E-state index in [0.717, 1.165) is 11.0 Å². The van der Waals surface area contributed by atoms with Gasteiger partial charge in [-0.3, -0.25) is 4.79 Å². The van der Waals surface area contributed by atoms with Crippen molar-refractivity contribution in [1.29, 1.82) is 0 Å². The van der Waals surface area contributed by atoms with Crippen LogP contribution in [0.15, 0.2) is 34.7 Å². The highest BCUT2D eigenvalue weighted by Crippen LogP contribution is 2.24. The molecule has 0 fully saturated rings. The van der Waals surface area contributed by atoms with Crippen LogP contribution in [0.2, 0.25) is 0 Å². The number of Topliss-reactive ketones (excluding diaryl/α,β-unsaturated/α-hetero) is 1. The highest BCUT2D eigenvalue weighted by atomic mass is 16.3. The molecule has 0 saturated heterocycles. The van der Waals surface area contributed by atoms with E-state index in [1.165, 1.54) is 0 Å². The molecule has 17 heavy (non-hydrogen) atoms. The van der Waals surface area contributed by atoms with Gasteiger partial charge in [-0.2, -0.15) is 0 Å². The number of benzene rings is 1. The Kier molecular flexibility index (Phi) is 2.79. The molecule has 1 aromatic heterocycles. The highest BCUT2D eigenvalue weighted by molar-refractivity contribution is 6.01. The fourth-order valence-electron chi connectivity index (χ4n) is 1.65. The Morgan fingerprint density at radius 2 is 1.94 bits per heavy atom. The Bertz CT molecular complexity index is 516. The summed E-state index contributed by atoms with van der Waals surface area (Å²) in [4.78, 5) is 12.1. The number of furan rings is 1. The maximum Gasteiger partial charge on any atom is 0.215 e. The van der Waals surface area contributed by atoms with Crippen molar-refractivity contribution in [3.05, 3.63) is 36.1 Å². The molecule has 2 rings (SSSR count). The summed E-state index contributed by atoms with van der Waals surface area (Å²) < 4.78 is 5.52. The lowest BCUT2D eigenvalue weighted by Crippen LogP contribution is -2.42. The van der Waals surface area contributed by atoms with Crippen LogP contribution < -0.4 is 5.73 Å². The van der Waals surface area contributed by atoms with E-state index in [2.05, 4.69) is 0 Å². The molecule has 0 aliphatic rings. The van der Waals surface area contributed by atoms with Crippen LogP contribution in [-0.4, -0.2) is 11.8 Å². The van der Waals surface area contributed by atoms with Gasteiger partial charge >= 0.3 is 0 Å². The number of hydrogen-bond donors (Lipinski definition) is 1. The standard InChI is InChI=1S/C14H17NO2/c1-14(2,3)13(15)12(16)11-8-9-6-4-5-7-10(9)17-11/h4-8,13H,15H2,1-3H3. The van der Waals surface area contributed by atoms with Crippen LogP contribution >= 0.6 is 0 Å². The summed E-state index contributed by atoms with van der Waals surface area (Å²) in [5.74, 6) is 0.197. The van der Waals surface area contributed by atoms with Gasteiger partial charge in [-0.15, -0.1) is 0 Å². The third-order valence-electron chi connectivity index (χ3n) is 2.88. The average molecular weight is 231 g/mol. The molecule has 2 aromatic rings. The number of fused-ring (bicyclic) bond motifs is 1. The van der Waals surface area contributed by atoms with E-state index in [-0.39, 0.29) is 11.2 Å². The van der Waals surface area contributed by atoms with Gasteiger partial charge in [-0.1, -0.05) is 39.0 Å². The Labute approximate surface area is 101 Å². The van der Waals surface area contributed by atoms with Crippen LogP contribution in [0.5, 0.6) is 0 Å². The second-order valence-corrected chi connectivity index (χ2v) is 5.36. The topological polar surface area (TPSA) is 56.2 Å². The molecule has 1 heterocycles. The number of para-hydroxylation sites is 1. The van der Waals surface area contributed by atoms with Crippen LogP contribution in [0.3, 0.4) is 0 Å². The monoisotopic (exact) mass is 231 g/mol. The van der Waals surface area contributed by atoms with E-state index in [4.69, 9.17) is 10.2 Å². The molecule has 2 N–H and O–H groups in total. The zero-order chi connectivity index (χ0) is 12.6. The third kappa shape index (κ3) is 2.24. The van der Waals surface area contributed by atoms with Gasteiger partial charge in [0, 0.05) is 5.39 Å². The normalized spacial score (nSPS) is 13.9. The van der Waals surface area contributed by atoms with Gasteiger partial charge in [-0.25, -0.2) is 0 Å². The van der Waals surface area contributed by atoms with Crippen molar-refractivity contribution in [3.63, 3.8) is 0 Å². The van der Waals surface area contributed by atoms with Gasteiger partial charge < -0.3 is 10.2 Å². The number of ketones is 1. The van der Waals surface area contributed by atoms with Crippen LogP contribution in [0.25, 0.3) is 11.0 Å². The van der Waals surface area contributed by atoms with Gasteiger partial charge in [-0.05, 0) is 17.5 Å². The fraction of sp³-hybridized carbons (Fsp3) is 0.357. The predicted molar refractivity (Wildman–Crippen MR) is 68.0 cm³/mol. The number of rotatable bonds is 2. The lowest BCUT2D eigenvalue weighted by atomic mass is 9.84. The Hall–Kier alpha value is -1.61. The number of nitrogens with two attached hydrogens (primary N) is 1. The van der Waals surface area contributed by atoms with Gasteiger partial charge in [0.1, 0.15) is 5.58 Å². The number of hydrogen-bond acceptors (Lipinski definition) is 3. The molecular formula is C14H17NO2. The third-order valence-corrected chi connectivity index (χ3v) is 2.88. The lowest BCUT2D eigenvalue weighted by Gasteiger charge is -2.24. The van der Waals surface area contributed by atoms with E-state index < -0.39 is 6.04 Å². The maximum absolute atomic E-state index is 12.1. The molecule has 0 saturated carbocycles. The summed E-state index contributed by atoms with van der Waals surface area (Å²) >= 11 is 0. The molecule has 3 heteroatoms. The van der Waals surface area contributed by atoms with Crippen LogP contribution in [0.1, 0.15) is 31.3 Å². The van der Waals surface area contributed by atoms with Gasteiger partial charge in [0.05, 0.1) is 6.04 Å². The van der Waals surface area contributed by atoms with Gasteiger partial charge in [0.2, 0.25) is 5.78 Å². The van der Waals surface area contributed by atoms with Crippen LogP contribution in [0, 0.1) is 5.41 Å². The Morgan fingerprint density at radius 1 is 1.29 bits per heavy atom. The van der Waals surface area contributed by atoms with Crippen molar-refractivity contribution in [2.45, 2.75) is 26.8 Å². The van der Waals surface area contributed by atoms with Crippen molar-refractivity contribution in [2.24, 2.45) is 11.1 Å². The first-order valence-corrected chi connectivity index (χ1v) is 5.68. The molecule has 0 spiro atoms. The number of carbonyl (C=O) groups excluding carboxylic acids is 1. The van der Waals surface area contributed by atoms with E-state index in [1.54, 1.807) is 6.07 Å². The summed E-state index contributed by atoms with van der Waals surface area (Å²) in [6.07, 6.45) is 0. The summed E-state index contributed by atoms with van der Waals surface area (Å²) in [5, 5.41) is 0.928. The Morgan fingerprint density at radius 3 is 2.53 bits per heavy atom. The molecular weight excluding hydrogens is 214 g/mol. The molecule has 0 radical (unpaired) electrons. The molecule has 0 aliphatic heterocycles. The maximum atomic E-state index is 12.1. The molecule has 90 valence electrons. The smallest absolute Gasteiger partial charge is 0.215 e. The molecule has 1 unspecified atom stereocenters. The second kappa shape index (κ2) is 4.00. The van der Waals surface area contributed by atoms with Crippen LogP contribution in [0.4, 0.5) is 0 Å². The van der Waals surface area contributed by atoms with Crippen molar-refractivity contribution >= 4 is 16.8 Å². The largest absolute Gasteiger partial charge is 0.453 e. The molecule has 0 amide bonds. The first kappa shape index (κ1) is 11.9. The predicted octanol–water partition coefficient (Wildman–Crippen LogP) is 2.99. The van der Waals surface area contributed by atoms with E-state index in [9.17, 15) is 4.79 Å². The molecule has 0 aliphatic carbocycles. The summed E-state index contributed by atoms with van der Waals surface area (Å²) in [5.41, 5.74) is 6.39. The number of carbonyl (C=O) groups is 1. The van der Waals surface area contributed by atoms with Crippen molar-refractivity contribution in [1.82, 2.24) is 0 Å². The fourth-order valence-corrected chi connectivity index (χ4v) is 1.65. The minimum absolute atomic E-state index is 0.145. The van der Waals surface area contributed by atoms with Crippen molar-refractivity contribution in [3.8, 4) is 0 Å². The zero-order valence-corrected chi connectivity index (χ0v) is 10.4. The summed E-state index contributed by atoms with van der Waals surface area (Å²) in [6, 6.07) is 8.75. The average Bonchev–Trinajstić information content (AvgIpc) is 2.69. The minimum atomic E-state index is -0.553. The van der Waals surface area contributed by atoms with Crippen LogP contribution in [-0.2, 0) is 0 Å². The molecule has 1 atom stereocenters. The van der Waals surface area contributed by atoms with E-state index >= 15 is 0 Å². The zero-order valence-electron chi connectivity index (χ0n) is 10.4. The second-order valence-electron chi connectivity index (χ2n) is 5.36. The molecule has 3 nitrogen and oxygen atoms in total. The van der Waals surface area contributed by atoms with E-state index in [0.29, 0.717) is 5.76 Å². The van der Waals surface area contributed by atoms with Crippen molar-refractivity contribution in [2.75, 3.05) is 0 Å². The SMILES string of the molecule is CC(C)(C)C(N)C(=O)c1cc2ccccc2o1. The van der Waals surface area contributed by atoms with Gasteiger partial charge in [0.15, 0.2) is 5.76 Å². The van der Waals surface area contributed by atoms with Crippen molar-refractivity contribution < 1.29 is 9.21 Å².